The van der Waals surface area contributed by atoms with Crippen molar-refractivity contribution in [1.82, 2.24) is 4.98 Å². The minimum absolute atomic E-state index is 0.113. The van der Waals surface area contributed by atoms with E-state index in [1.807, 2.05) is 0 Å². The Labute approximate surface area is 107 Å². The molecule has 0 radical (unpaired) electrons. The summed E-state index contributed by atoms with van der Waals surface area (Å²) >= 11 is 5.76. The minimum atomic E-state index is -0.665. The van der Waals surface area contributed by atoms with Crippen molar-refractivity contribution in [2.75, 3.05) is 5.32 Å². The summed E-state index contributed by atoms with van der Waals surface area (Å²) in [6.07, 6.45) is 1.47. The normalized spacial score (nSPS) is 10.1. The fraction of sp³-hybridized carbons (Fsp3) is 0. The Bertz CT molecular complexity index is 604. The van der Waals surface area contributed by atoms with Gasteiger partial charge in [-0.3, -0.25) is 4.79 Å². The highest BCUT2D eigenvalue weighted by molar-refractivity contribution is 6.32. The predicted molar refractivity (Wildman–Crippen MR) is 65.3 cm³/mol. The average Bonchev–Trinajstić information content (AvgIpc) is 2.35. The monoisotopic (exact) mass is 266 g/mol. The van der Waals surface area contributed by atoms with Gasteiger partial charge in [-0.25, -0.2) is 9.37 Å². The molecule has 1 aromatic heterocycles. The maximum Gasteiger partial charge on any atom is 0.259 e. The van der Waals surface area contributed by atoms with Gasteiger partial charge in [0.25, 0.3) is 5.91 Å². The highest BCUT2D eigenvalue weighted by atomic mass is 35.5. The molecule has 0 aliphatic heterocycles. The summed E-state index contributed by atoms with van der Waals surface area (Å²) in [4.78, 5) is 15.6. The van der Waals surface area contributed by atoms with Gasteiger partial charge in [0.2, 0.25) is 0 Å². The number of pyridine rings is 1. The molecule has 4 nitrogen and oxygen atoms in total. The fourth-order valence-corrected chi connectivity index (χ4v) is 1.53. The molecule has 0 unspecified atom stereocenters. The number of phenolic OH excluding ortho intramolecular Hbond substituents is 1. The fourth-order valence-electron chi connectivity index (χ4n) is 1.36. The molecule has 18 heavy (non-hydrogen) atoms. The van der Waals surface area contributed by atoms with E-state index in [-0.39, 0.29) is 22.2 Å². The Kier molecular flexibility index (Phi) is 3.43. The number of carbonyl (C=O) groups excluding carboxylic acids is 1. The number of nitrogens with zero attached hydrogens (tertiary/aromatic N) is 1. The molecule has 0 bridgehead atoms. The number of hydrogen-bond acceptors (Lipinski definition) is 3. The standard InChI is InChI=1S/C12H8ClFN2O2/c13-11-9(2-1-5-15-11)16-12(18)8-6-7(14)3-4-10(8)17/h1-6,17H,(H,16,18). The molecule has 2 aromatic rings. The van der Waals surface area contributed by atoms with Gasteiger partial charge in [0.1, 0.15) is 11.6 Å². The van der Waals surface area contributed by atoms with Crippen LogP contribution in [0.1, 0.15) is 10.4 Å². The molecule has 2 rings (SSSR count). The van der Waals surface area contributed by atoms with Gasteiger partial charge in [0.05, 0.1) is 11.3 Å². The lowest BCUT2D eigenvalue weighted by molar-refractivity contribution is 0.102. The van der Waals surface area contributed by atoms with Crippen molar-refractivity contribution in [3.8, 4) is 5.75 Å². The van der Waals surface area contributed by atoms with Crippen LogP contribution in [-0.2, 0) is 0 Å². The van der Waals surface area contributed by atoms with Crippen molar-refractivity contribution in [3.05, 3.63) is 53.1 Å². The molecule has 1 aromatic carbocycles. The third-order valence-corrected chi connectivity index (χ3v) is 2.51. The summed E-state index contributed by atoms with van der Waals surface area (Å²) in [7, 11) is 0. The zero-order chi connectivity index (χ0) is 13.1. The zero-order valence-corrected chi connectivity index (χ0v) is 9.78. The number of nitrogens with one attached hydrogen (secondary N) is 1. The molecule has 0 saturated carbocycles. The van der Waals surface area contributed by atoms with Crippen molar-refractivity contribution >= 4 is 23.2 Å². The number of aromatic hydroxyl groups is 1. The van der Waals surface area contributed by atoms with E-state index >= 15 is 0 Å². The van der Waals surface area contributed by atoms with E-state index in [1.54, 1.807) is 12.1 Å². The first-order chi connectivity index (χ1) is 8.58. The first-order valence-corrected chi connectivity index (χ1v) is 5.36. The van der Waals surface area contributed by atoms with Crippen molar-refractivity contribution in [2.45, 2.75) is 0 Å². The number of aromatic nitrogens is 1. The van der Waals surface area contributed by atoms with Crippen molar-refractivity contribution in [3.63, 3.8) is 0 Å². The first kappa shape index (κ1) is 12.3. The smallest absolute Gasteiger partial charge is 0.259 e. The third-order valence-electron chi connectivity index (χ3n) is 2.21. The van der Waals surface area contributed by atoms with Crippen LogP contribution >= 0.6 is 11.6 Å². The average molecular weight is 267 g/mol. The molecule has 0 spiro atoms. The zero-order valence-electron chi connectivity index (χ0n) is 9.02. The van der Waals surface area contributed by atoms with Gasteiger partial charge in [0, 0.05) is 6.20 Å². The second-order valence-electron chi connectivity index (χ2n) is 3.46. The summed E-state index contributed by atoms with van der Waals surface area (Å²) in [5, 5.41) is 12.0. The molecule has 0 fully saturated rings. The van der Waals surface area contributed by atoms with Crippen LogP contribution in [0.25, 0.3) is 0 Å². The molecule has 6 heteroatoms. The first-order valence-electron chi connectivity index (χ1n) is 4.98. The van der Waals surface area contributed by atoms with Crippen LogP contribution in [-0.4, -0.2) is 16.0 Å². The van der Waals surface area contributed by atoms with Gasteiger partial charge in [-0.2, -0.15) is 0 Å². The van der Waals surface area contributed by atoms with Crippen LogP contribution in [0.3, 0.4) is 0 Å². The molecular formula is C12H8ClFN2O2. The van der Waals surface area contributed by atoms with Crippen LogP contribution in [0.4, 0.5) is 10.1 Å². The van der Waals surface area contributed by atoms with Crippen molar-refractivity contribution < 1.29 is 14.3 Å². The molecule has 0 saturated heterocycles. The van der Waals surface area contributed by atoms with Crippen molar-refractivity contribution in [2.24, 2.45) is 0 Å². The Morgan fingerprint density at radius 2 is 2.17 bits per heavy atom. The van der Waals surface area contributed by atoms with Gasteiger partial charge in [-0.1, -0.05) is 11.6 Å². The van der Waals surface area contributed by atoms with Crippen LogP contribution < -0.4 is 5.32 Å². The number of amides is 1. The Morgan fingerprint density at radius 3 is 2.89 bits per heavy atom. The Hall–Kier alpha value is -2.14. The molecule has 0 aliphatic rings. The topological polar surface area (TPSA) is 62.2 Å². The summed E-state index contributed by atoms with van der Waals surface area (Å²) < 4.78 is 13.0. The highest BCUT2D eigenvalue weighted by Gasteiger charge is 2.13. The number of phenols is 1. The number of benzene rings is 1. The van der Waals surface area contributed by atoms with Gasteiger partial charge in [-0.05, 0) is 30.3 Å². The number of hydrogen-bond donors (Lipinski definition) is 2. The van der Waals surface area contributed by atoms with Crippen LogP contribution in [0.2, 0.25) is 5.15 Å². The molecule has 92 valence electrons. The Morgan fingerprint density at radius 1 is 1.39 bits per heavy atom. The molecule has 0 atom stereocenters. The summed E-state index contributed by atoms with van der Waals surface area (Å²) in [5.41, 5.74) is 0.114. The van der Waals surface area contributed by atoms with E-state index in [1.165, 1.54) is 6.20 Å². The second-order valence-corrected chi connectivity index (χ2v) is 3.82. The number of rotatable bonds is 2. The molecule has 1 amide bonds. The lowest BCUT2D eigenvalue weighted by atomic mass is 10.2. The summed E-state index contributed by atoms with van der Waals surface area (Å²) in [6.45, 7) is 0. The second kappa shape index (κ2) is 5.01. The number of carbonyl (C=O) groups is 1. The van der Waals surface area contributed by atoms with E-state index in [0.29, 0.717) is 0 Å². The largest absolute Gasteiger partial charge is 0.507 e. The quantitative estimate of drug-likeness (QED) is 0.822. The number of anilines is 1. The number of halogens is 2. The Balaban J connectivity index is 2.28. The van der Waals surface area contributed by atoms with E-state index in [0.717, 1.165) is 18.2 Å². The van der Waals surface area contributed by atoms with E-state index < -0.39 is 11.7 Å². The van der Waals surface area contributed by atoms with E-state index in [4.69, 9.17) is 11.6 Å². The maximum absolute atomic E-state index is 13.0. The molecule has 0 aliphatic carbocycles. The maximum atomic E-state index is 13.0. The summed E-state index contributed by atoms with van der Waals surface area (Å²) in [5.74, 6) is -1.59. The van der Waals surface area contributed by atoms with Gasteiger partial charge < -0.3 is 10.4 Å². The van der Waals surface area contributed by atoms with E-state index in [2.05, 4.69) is 10.3 Å². The lowest BCUT2D eigenvalue weighted by Crippen LogP contribution is -2.13. The summed E-state index contributed by atoms with van der Waals surface area (Å²) in [6, 6.07) is 6.24. The predicted octanol–water partition coefficient (Wildman–Crippen LogP) is 2.83. The van der Waals surface area contributed by atoms with Crippen LogP contribution in [0.5, 0.6) is 5.75 Å². The van der Waals surface area contributed by atoms with E-state index in [9.17, 15) is 14.3 Å². The third kappa shape index (κ3) is 2.57. The molecular weight excluding hydrogens is 259 g/mol. The molecule has 1 heterocycles. The molecule has 2 N–H and O–H groups in total. The van der Waals surface area contributed by atoms with Crippen LogP contribution in [0, 0.1) is 5.82 Å². The van der Waals surface area contributed by atoms with Gasteiger partial charge in [0.15, 0.2) is 5.15 Å². The van der Waals surface area contributed by atoms with Crippen LogP contribution in [0.15, 0.2) is 36.5 Å². The minimum Gasteiger partial charge on any atom is -0.507 e. The van der Waals surface area contributed by atoms with Gasteiger partial charge >= 0.3 is 0 Å². The van der Waals surface area contributed by atoms with Gasteiger partial charge in [-0.15, -0.1) is 0 Å². The van der Waals surface area contributed by atoms with Crippen molar-refractivity contribution in [1.29, 1.82) is 0 Å². The SMILES string of the molecule is O=C(Nc1cccnc1Cl)c1cc(F)ccc1O. The lowest BCUT2D eigenvalue weighted by Gasteiger charge is -2.07. The highest BCUT2D eigenvalue weighted by Crippen LogP contribution is 2.22.